The molecular weight excluding hydrogens is 280 g/mol. The molecule has 1 rings (SSSR count). The number of ketones is 7. The molecule has 0 bridgehead atoms. The number of rotatable bonds is 4. The highest BCUT2D eigenvalue weighted by atomic mass is 16.2. The van der Waals surface area contributed by atoms with Crippen LogP contribution in [0.1, 0.15) is 34.1 Å². The van der Waals surface area contributed by atoms with Crippen molar-refractivity contribution in [2.75, 3.05) is 0 Å². The number of Topliss-reactive ketones (excluding diaryl/α,β-unsaturated/α-hetero) is 7. The van der Waals surface area contributed by atoms with Gasteiger partial charge in [0.15, 0.2) is 40.5 Å². The second-order valence-corrected chi connectivity index (χ2v) is 5.08. The maximum atomic E-state index is 12.6. The standard InChI is InChI=1S/C14H14O7/c1-6(15)13(7(2)16)10(19)5-11(20)14(8(3)17,9(4)18)12(13)21/h5H2,1-4H3. The minimum atomic E-state index is -2.74. The van der Waals surface area contributed by atoms with E-state index in [0.29, 0.717) is 0 Å². The number of hydrogen-bond donors (Lipinski definition) is 0. The lowest BCUT2D eigenvalue weighted by molar-refractivity contribution is -0.166. The summed E-state index contributed by atoms with van der Waals surface area (Å²) in [5.74, 6) is -8.27. The van der Waals surface area contributed by atoms with Crippen molar-refractivity contribution in [2.24, 2.45) is 10.8 Å². The average molecular weight is 294 g/mol. The van der Waals surface area contributed by atoms with Gasteiger partial charge in [-0.3, -0.25) is 33.6 Å². The molecule has 0 unspecified atom stereocenters. The fourth-order valence-electron chi connectivity index (χ4n) is 2.87. The van der Waals surface area contributed by atoms with Crippen LogP contribution in [0.3, 0.4) is 0 Å². The molecule has 0 aromatic carbocycles. The van der Waals surface area contributed by atoms with Gasteiger partial charge in [-0.25, -0.2) is 0 Å². The lowest BCUT2D eigenvalue weighted by atomic mass is 9.54. The topological polar surface area (TPSA) is 119 Å². The Hall–Kier alpha value is -2.31. The minimum absolute atomic E-state index is 0.845. The minimum Gasteiger partial charge on any atom is -0.298 e. The molecule has 112 valence electrons. The van der Waals surface area contributed by atoms with Crippen LogP contribution in [0.25, 0.3) is 0 Å². The average Bonchev–Trinajstić information content (AvgIpc) is 2.26. The zero-order valence-corrected chi connectivity index (χ0v) is 12.1. The van der Waals surface area contributed by atoms with Crippen molar-refractivity contribution in [3.05, 3.63) is 0 Å². The van der Waals surface area contributed by atoms with E-state index >= 15 is 0 Å². The van der Waals surface area contributed by atoms with E-state index < -0.39 is 57.7 Å². The summed E-state index contributed by atoms with van der Waals surface area (Å²) >= 11 is 0. The Morgan fingerprint density at radius 2 is 0.905 bits per heavy atom. The van der Waals surface area contributed by atoms with Crippen molar-refractivity contribution in [1.29, 1.82) is 0 Å². The summed E-state index contributed by atoms with van der Waals surface area (Å²) in [7, 11) is 0. The van der Waals surface area contributed by atoms with E-state index in [2.05, 4.69) is 0 Å². The quantitative estimate of drug-likeness (QED) is 0.636. The Kier molecular flexibility index (Phi) is 3.91. The first kappa shape index (κ1) is 16.7. The lowest BCUT2D eigenvalue weighted by Gasteiger charge is -2.38. The van der Waals surface area contributed by atoms with E-state index in [0.717, 1.165) is 27.7 Å². The van der Waals surface area contributed by atoms with Crippen LogP contribution in [-0.4, -0.2) is 40.5 Å². The molecule has 1 fully saturated rings. The van der Waals surface area contributed by atoms with Gasteiger partial charge in [0.05, 0.1) is 6.42 Å². The van der Waals surface area contributed by atoms with E-state index in [9.17, 15) is 33.6 Å². The molecule has 1 aliphatic rings. The SMILES string of the molecule is CC(=O)C1(C(C)=O)C(=O)CC(=O)C(C(C)=O)(C(C)=O)C1=O. The molecule has 7 nitrogen and oxygen atoms in total. The number of carbonyl (C=O) groups excluding carboxylic acids is 7. The molecule has 0 N–H and O–H groups in total. The molecular formula is C14H14O7. The maximum Gasteiger partial charge on any atom is 0.205 e. The Morgan fingerprint density at radius 3 is 1.10 bits per heavy atom. The third-order valence-corrected chi connectivity index (χ3v) is 3.95. The molecule has 0 aromatic rings. The first-order chi connectivity index (χ1) is 9.48. The van der Waals surface area contributed by atoms with Gasteiger partial charge in [-0.15, -0.1) is 0 Å². The summed E-state index contributed by atoms with van der Waals surface area (Å²) in [4.78, 5) is 84.0. The van der Waals surface area contributed by atoms with E-state index in [1.807, 2.05) is 0 Å². The molecule has 0 spiro atoms. The Balaban J connectivity index is 3.86. The van der Waals surface area contributed by atoms with Crippen LogP contribution in [0.2, 0.25) is 0 Å². The maximum absolute atomic E-state index is 12.6. The number of hydrogen-bond acceptors (Lipinski definition) is 7. The highest BCUT2D eigenvalue weighted by Crippen LogP contribution is 2.42. The van der Waals surface area contributed by atoms with Crippen molar-refractivity contribution in [2.45, 2.75) is 34.1 Å². The fraction of sp³-hybridized carbons (Fsp3) is 0.500. The van der Waals surface area contributed by atoms with E-state index in [-0.39, 0.29) is 0 Å². The second-order valence-electron chi connectivity index (χ2n) is 5.08. The normalized spacial score (nSPS) is 20.1. The van der Waals surface area contributed by atoms with Crippen LogP contribution in [0.15, 0.2) is 0 Å². The molecule has 0 aromatic heterocycles. The van der Waals surface area contributed by atoms with Crippen molar-refractivity contribution in [3.63, 3.8) is 0 Å². The predicted molar refractivity (Wildman–Crippen MR) is 67.2 cm³/mol. The fourth-order valence-corrected chi connectivity index (χ4v) is 2.87. The summed E-state index contributed by atoms with van der Waals surface area (Å²) in [5, 5.41) is 0. The molecule has 0 amide bonds. The van der Waals surface area contributed by atoms with Crippen molar-refractivity contribution in [3.8, 4) is 0 Å². The van der Waals surface area contributed by atoms with Gasteiger partial charge in [-0.2, -0.15) is 0 Å². The van der Waals surface area contributed by atoms with Crippen molar-refractivity contribution >= 4 is 40.5 Å². The van der Waals surface area contributed by atoms with Gasteiger partial charge >= 0.3 is 0 Å². The summed E-state index contributed by atoms with van der Waals surface area (Å²) in [6.07, 6.45) is -0.982. The molecule has 0 aliphatic heterocycles. The van der Waals surface area contributed by atoms with Crippen LogP contribution in [0.4, 0.5) is 0 Å². The highest BCUT2D eigenvalue weighted by molar-refractivity contribution is 6.54. The molecule has 1 saturated carbocycles. The monoisotopic (exact) mass is 294 g/mol. The molecule has 0 heterocycles. The van der Waals surface area contributed by atoms with Gasteiger partial charge in [-0.1, -0.05) is 0 Å². The van der Waals surface area contributed by atoms with Gasteiger partial charge in [-0.05, 0) is 27.7 Å². The van der Waals surface area contributed by atoms with Crippen LogP contribution in [-0.2, 0) is 33.6 Å². The van der Waals surface area contributed by atoms with Gasteiger partial charge in [0, 0.05) is 0 Å². The van der Waals surface area contributed by atoms with Gasteiger partial charge in [0.2, 0.25) is 10.8 Å². The van der Waals surface area contributed by atoms with Crippen LogP contribution < -0.4 is 0 Å². The van der Waals surface area contributed by atoms with Crippen molar-refractivity contribution < 1.29 is 33.6 Å². The van der Waals surface area contributed by atoms with Crippen LogP contribution >= 0.6 is 0 Å². The Labute approximate surface area is 120 Å². The van der Waals surface area contributed by atoms with Gasteiger partial charge in [0.25, 0.3) is 0 Å². The van der Waals surface area contributed by atoms with E-state index in [1.165, 1.54) is 0 Å². The Morgan fingerprint density at radius 1 is 0.667 bits per heavy atom. The smallest absolute Gasteiger partial charge is 0.205 e. The van der Waals surface area contributed by atoms with Gasteiger partial charge in [0.1, 0.15) is 0 Å². The summed E-state index contributed by atoms with van der Waals surface area (Å²) in [6.45, 7) is 3.38. The lowest BCUT2D eigenvalue weighted by Crippen LogP contribution is -2.67. The summed E-state index contributed by atoms with van der Waals surface area (Å²) < 4.78 is 0. The molecule has 0 atom stereocenters. The Bertz CT molecular complexity index is 543. The summed E-state index contributed by atoms with van der Waals surface area (Å²) in [6, 6.07) is 0. The molecule has 0 radical (unpaired) electrons. The first-order valence-electron chi connectivity index (χ1n) is 6.14. The van der Waals surface area contributed by atoms with Crippen LogP contribution in [0, 0.1) is 10.8 Å². The zero-order chi connectivity index (χ0) is 16.7. The third-order valence-electron chi connectivity index (χ3n) is 3.95. The molecule has 7 heteroatoms. The molecule has 0 saturated heterocycles. The largest absolute Gasteiger partial charge is 0.298 e. The summed E-state index contributed by atoms with van der Waals surface area (Å²) in [5.41, 5.74) is -5.49. The molecule has 1 aliphatic carbocycles. The number of carbonyl (C=O) groups is 7. The van der Waals surface area contributed by atoms with Gasteiger partial charge < -0.3 is 0 Å². The van der Waals surface area contributed by atoms with Crippen molar-refractivity contribution in [1.82, 2.24) is 0 Å². The van der Waals surface area contributed by atoms with Crippen LogP contribution in [0.5, 0.6) is 0 Å². The third kappa shape index (κ3) is 1.76. The van der Waals surface area contributed by atoms with E-state index in [1.54, 1.807) is 0 Å². The second kappa shape index (κ2) is 4.91. The molecule has 21 heavy (non-hydrogen) atoms. The first-order valence-corrected chi connectivity index (χ1v) is 6.14. The van der Waals surface area contributed by atoms with E-state index in [4.69, 9.17) is 0 Å². The highest BCUT2D eigenvalue weighted by Gasteiger charge is 2.70. The predicted octanol–water partition coefficient (Wildman–Crippen LogP) is -0.574. The zero-order valence-electron chi connectivity index (χ0n) is 12.1.